The molecule has 0 radical (unpaired) electrons. The molecule has 0 atom stereocenters. The van der Waals surface area contributed by atoms with E-state index in [-0.39, 0.29) is 0 Å². The summed E-state index contributed by atoms with van der Waals surface area (Å²) < 4.78 is 5.75. The van der Waals surface area contributed by atoms with E-state index in [1.807, 2.05) is 37.5 Å². The van der Waals surface area contributed by atoms with Gasteiger partial charge in [0.1, 0.15) is 17.1 Å². The molecule has 0 spiro atoms. The number of aromatic amines is 2. The molecule has 6 nitrogen and oxygen atoms in total. The standard InChI is InChI=1S/C21H21N5O/c1-14-4-5-19(27-14)20-16(11-24-25-20)13-26-9-6-15(7-10-26)18-12-23-21-17(18)3-2-8-22-21/h2-6,8,11-12H,7,9-10,13H2,1H3,(H,22,23)(H,24,25). The molecule has 0 bridgehead atoms. The van der Waals surface area contributed by atoms with Crippen LogP contribution in [0, 0.1) is 6.92 Å². The number of fused-ring (bicyclic) bond motifs is 1. The van der Waals surface area contributed by atoms with Gasteiger partial charge in [-0.15, -0.1) is 0 Å². The Labute approximate surface area is 156 Å². The molecule has 6 heteroatoms. The molecule has 1 aliphatic rings. The van der Waals surface area contributed by atoms with Crippen molar-refractivity contribution >= 4 is 16.6 Å². The van der Waals surface area contributed by atoms with Gasteiger partial charge < -0.3 is 9.40 Å². The van der Waals surface area contributed by atoms with Crippen molar-refractivity contribution in [2.45, 2.75) is 19.9 Å². The minimum Gasteiger partial charge on any atom is -0.460 e. The van der Waals surface area contributed by atoms with E-state index < -0.39 is 0 Å². The minimum absolute atomic E-state index is 0.847. The summed E-state index contributed by atoms with van der Waals surface area (Å²) in [5, 5.41) is 8.50. The minimum atomic E-state index is 0.847. The lowest BCUT2D eigenvalue weighted by molar-refractivity contribution is 0.294. The molecule has 5 rings (SSSR count). The maximum absolute atomic E-state index is 5.75. The van der Waals surface area contributed by atoms with E-state index in [2.05, 4.69) is 43.4 Å². The third-order valence-corrected chi connectivity index (χ3v) is 5.19. The lowest BCUT2D eigenvalue weighted by Gasteiger charge is -2.26. The molecule has 4 aromatic heterocycles. The number of nitrogens with zero attached hydrogens (tertiary/aromatic N) is 3. The van der Waals surface area contributed by atoms with Crippen LogP contribution in [0.4, 0.5) is 0 Å². The van der Waals surface area contributed by atoms with Crippen LogP contribution in [0.2, 0.25) is 0 Å². The van der Waals surface area contributed by atoms with Gasteiger partial charge in [0.25, 0.3) is 0 Å². The van der Waals surface area contributed by atoms with Gasteiger partial charge in [0, 0.05) is 48.5 Å². The predicted octanol–water partition coefficient (Wildman–Crippen LogP) is 4.14. The fraction of sp³-hybridized carbons (Fsp3) is 0.238. The van der Waals surface area contributed by atoms with Crippen LogP contribution in [-0.4, -0.2) is 38.2 Å². The van der Waals surface area contributed by atoms with Crippen molar-refractivity contribution in [3.8, 4) is 11.5 Å². The molecule has 27 heavy (non-hydrogen) atoms. The Morgan fingerprint density at radius 1 is 1.26 bits per heavy atom. The molecule has 0 saturated carbocycles. The van der Waals surface area contributed by atoms with Crippen molar-refractivity contribution in [3.63, 3.8) is 0 Å². The molecule has 0 amide bonds. The first-order valence-corrected chi connectivity index (χ1v) is 9.21. The molecular formula is C21H21N5O. The molecule has 1 aliphatic heterocycles. The summed E-state index contributed by atoms with van der Waals surface area (Å²) in [6.45, 7) is 4.74. The fourth-order valence-corrected chi connectivity index (χ4v) is 3.78. The van der Waals surface area contributed by atoms with Gasteiger partial charge in [0.2, 0.25) is 0 Å². The normalized spacial score (nSPS) is 15.4. The Morgan fingerprint density at radius 3 is 3.04 bits per heavy atom. The zero-order valence-electron chi connectivity index (χ0n) is 15.2. The van der Waals surface area contributed by atoms with Gasteiger partial charge in [-0.3, -0.25) is 10.00 Å². The van der Waals surface area contributed by atoms with E-state index in [0.717, 1.165) is 54.5 Å². The molecule has 0 saturated heterocycles. The van der Waals surface area contributed by atoms with Gasteiger partial charge in [0.15, 0.2) is 5.76 Å². The highest BCUT2D eigenvalue weighted by Crippen LogP contribution is 2.30. The van der Waals surface area contributed by atoms with Crippen LogP contribution in [-0.2, 0) is 6.54 Å². The number of pyridine rings is 1. The van der Waals surface area contributed by atoms with Gasteiger partial charge in [-0.05, 0) is 43.2 Å². The maximum Gasteiger partial charge on any atom is 0.152 e. The second kappa shape index (κ2) is 6.55. The first-order chi connectivity index (χ1) is 13.3. The van der Waals surface area contributed by atoms with Crippen LogP contribution in [0.25, 0.3) is 28.1 Å². The van der Waals surface area contributed by atoms with Crippen LogP contribution in [0.5, 0.6) is 0 Å². The molecule has 0 unspecified atom stereocenters. The first kappa shape index (κ1) is 16.1. The van der Waals surface area contributed by atoms with Crippen LogP contribution >= 0.6 is 0 Å². The lowest BCUT2D eigenvalue weighted by atomic mass is 9.99. The Kier molecular flexibility index (Phi) is 3.90. The van der Waals surface area contributed by atoms with E-state index in [1.54, 1.807) is 0 Å². The van der Waals surface area contributed by atoms with Crippen molar-refractivity contribution in [1.29, 1.82) is 0 Å². The molecule has 0 aromatic carbocycles. The number of hydrogen-bond acceptors (Lipinski definition) is 4. The van der Waals surface area contributed by atoms with E-state index in [0.29, 0.717) is 0 Å². The average Bonchev–Trinajstić information content (AvgIpc) is 3.42. The molecule has 4 aromatic rings. The maximum atomic E-state index is 5.75. The fourth-order valence-electron chi connectivity index (χ4n) is 3.78. The van der Waals surface area contributed by atoms with Crippen LogP contribution < -0.4 is 0 Å². The van der Waals surface area contributed by atoms with E-state index in [4.69, 9.17) is 4.42 Å². The number of nitrogens with one attached hydrogen (secondary N) is 2. The average molecular weight is 359 g/mol. The Balaban J connectivity index is 1.33. The zero-order valence-corrected chi connectivity index (χ0v) is 15.2. The third-order valence-electron chi connectivity index (χ3n) is 5.19. The third kappa shape index (κ3) is 2.98. The first-order valence-electron chi connectivity index (χ1n) is 9.21. The smallest absolute Gasteiger partial charge is 0.152 e. The second-order valence-electron chi connectivity index (χ2n) is 7.00. The molecule has 5 heterocycles. The van der Waals surface area contributed by atoms with Gasteiger partial charge >= 0.3 is 0 Å². The summed E-state index contributed by atoms with van der Waals surface area (Å²) in [5.74, 6) is 1.75. The second-order valence-corrected chi connectivity index (χ2v) is 7.00. The Hall–Kier alpha value is -3.12. The summed E-state index contributed by atoms with van der Waals surface area (Å²) in [6.07, 6.45) is 9.15. The SMILES string of the molecule is Cc1ccc(-c2[nH]ncc2CN2CC=C(c3c[nH]c4ncccc34)CC2)o1. The summed E-state index contributed by atoms with van der Waals surface area (Å²) in [7, 11) is 0. The quantitative estimate of drug-likeness (QED) is 0.574. The predicted molar refractivity (Wildman–Crippen MR) is 105 cm³/mol. The van der Waals surface area contributed by atoms with E-state index in [1.165, 1.54) is 16.5 Å². The van der Waals surface area contributed by atoms with Crippen LogP contribution in [0.1, 0.15) is 23.3 Å². The van der Waals surface area contributed by atoms with E-state index >= 15 is 0 Å². The topological polar surface area (TPSA) is 73.7 Å². The van der Waals surface area contributed by atoms with Crippen LogP contribution in [0.15, 0.2) is 53.3 Å². The van der Waals surface area contributed by atoms with Crippen molar-refractivity contribution in [1.82, 2.24) is 25.1 Å². The highest BCUT2D eigenvalue weighted by molar-refractivity contribution is 5.90. The molecule has 136 valence electrons. The number of H-pyrrole nitrogens is 2. The van der Waals surface area contributed by atoms with Crippen LogP contribution in [0.3, 0.4) is 0 Å². The largest absolute Gasteiger partial charge is 0.460 e. The van der Waals surface area contributed by atoms with Gasteiger partial charge in [-0.1, -0.05) is 6.08 Å². The zero-order chi connectivity index (χ0) is 18.2. The Bertz CT molecular complexity index is 1120. The van der Waals surface area contributed by atoms with Gasteiger partial charge in [-0.2, -0.15) is 5.10 Å². The van der Waals surface area contributed by atoms with Crippen molar-refractivity contribution < 1.29 is 4.42 Å². The Morgan fingerprint density at radius 2 is 2.22 bits per heavy atom. The summed E-state index contributed by atoms with van der Waals surface area (Å²) in [4.78, 5) is 10.1. The molecule has 2 N–H and O–H groups in total. The lowest BCUT2D eigenvalue weighted by Crippen LogP contribution is -2.28. The van der Waals surface area contributed by atoms with Gasteiger partial charge in [-0.25, -0.2) is 4.98 Å². The molecule has 0 fully saturated rings. The van der Waals surface area contributed by atoms with Crippen molar-refractivity contribution in [3.05, 3.63) is 65.8 Å². The van der Waals surface area contributed by atoms with Crippen molar-refractivity contribution in [2.75, 3.05) is 13.1 Å². The van der Waals surface area contributed by atoms with E-state index in [9.17, 15) is 0 Å². The molecular weight excluding hydrogens is 338 g/mol. The highest BCUT2D eigenvalue weighted by atomic mass is 16.3. The monoisotopic (exact) mass is 359 g/mol. The number of aryl methyl sites for hydroxylation is 1. The van der Waals surface area contributed by atoms with Crippen molar-refractivity contribution in [2.24, 2.45) is 0 Å². The highest BCUT2D eigenvalue weighted by Gasteiger charge is 2.19. The number of hydrogen-bond donors (Lipinski definition) is 2. The molecule has 0 aliphatic carbocycles. The summed E-state index contributed by atoms with van der Waals surface area (Å²) in [6, 6.07) is 8.09. The summed E-state index contributed by atoms with van der Waals surface area (Å²) >= 11 is 0. The number of furan rings is 1. The number of rotatable bonds is 4. The number of aromatic nitrogens is 4. The summed E-state index contributed by atoms with van der Waals surface area (Å²) in [5.41, 5.74) is 5.75. The van der Waals surface area contributed by atoms with Gasteiger partial charge in [0.05, 0.1) is 6.20 Å².